The molecular formula is C11H12BN. The summed E-state index contributed by atoms with van der Waals surface area (Å²) in [6.45, 7) is 2.14. The fraction of sp³-hybridized carbons (Fsp3) is 0.455. The lowest BCUT2D eigenvalue weighted by Crippen LogP contribution is -2.34. The van der Waals surface area contributed by atoms with Gasteiger partial charge in [-0.2, -0.15) is 0 Å². The summed E-state index contributed by atoms with van der Waals surface area (Å²) in [4.78, 5) is 0. The van der Waals surface area contributed by atoms with Gasteiger partial charge in [0.05, 0.1) is 0 Å². The Labute approximate surface area is 79.9 Å². The number of rotatable bonds is 0. The highest BCUT2D eigenvalue weighted by Gasteiger charge is 2.46. The minimum Gasteiger partial charge on any atom is -0.312 e. The predicted octanol–water partition coefficient (Wildman–Crippen LogP) is 0.615. The van der Waals surface area contributed by atoms with Crippen molar-refractivity contribution in [3.63, 3.8) is 0 Å². The molecule has 0 unspecified atom stereocenters. The Morgan fingerprint density at radius 1 is 1.31 bits per heavy atom. The quantitative estimate of drug-likeness (QED) is 0.561. The number of nitrogens with one attached hydrogen (secondary N) is 1. The molecule has 0 aromatic heterocycles. The van der Waals surface area contributed by atoms with E-state index in [-0.39, 0.29) is 0 Å². The van der Waals surface area contributed by atoms with E-state index >= 15 is 0 Å². The molecule has 1 aliphatic heterocycles. The van der Waals surface area contributed by atoms with Gasteiger partial charge in [0.15, 0.2) is 0 Å². The van der Waals surface area contributed by atoms with E-state index < -0.39 is 0 Å². The monoisotopic (exact) mass is 169 g/mol. The van der Waals surface area contributed by atoms with Crippen LogP contribution in [0.2, 0.25) is 0 Å². The molecule has 1 N–H and O–H groups in total. The Morgan fingerprint density at radius 2 is 2.15 bits per heavy atom. The van der Waals surface area contributed by atoms with Crippen LogP contribution in [0.4, 0.5) is 0 Å². The van der Waals surface area contributed by atoms with Crippen molar-refractivity contribution < 1.29 is 0 Å². The minimum absolute atomic E-state index is 0.487. The van der Waals surface area contributed by atoms with Crippen molar-refractivity contribution in [1.29, 1.82) is 0 Å². The number of benzene rings is 1. The van der Waals surface area contributed by atoms with Gasteiger partial charge in [0.25, 0.3) is 0 Å². The predicted molar refractivity (Wildman–Crippen MR) is 54.4 cm³/mol. The van der Waals surface area contributed by atoms with Crippen molar-refractivity contribution in [1.82, 2.24) is 5.32 Å². The normalized spacial score (nSPS) is 22.8. The third-order valence-corrected chi connectivity index (χ3v) is 3.33. The van der Waals surface area contributed by atoms with Gasteiger partial charge in [0.1, 0.15) is 7.85 Å². The first-order valence-corrected chi connectivity index (χ1v) is 4.90. The van der Waals surface area contributed by atoms with Gasteiger partial charge in [-0.25, -0.2) is 0 Å². The third kappa shape index (κ3) is 1.05. The van der Waals surface area contributed by atoms with Gasteiger partial charge in [-0.1, -0.05) is 23.7 Å². The van der Waals surface area contributed by atoms with Crippen molar-refractivity contribution >= 4 is 13.3 Å². The van der Waals surface area contributed by atoms with E-state index in [0.29, 0.717) is 5.41 Å². The lowest BCUT2D eigenvalue weighted by molar-refractivity contribution is 0.531. The molecule has 1 nitrogen and oxygen atoms in total. The second-order valence-corrected chi connectivity index (χ2v) is 4.30. The van der Waals surface area contributed by atoms with Crippen LogP contribution in [0.25, 0.3) is 0 Å². The van der Waals surface area contributed by atoms with Gasteiger partial charge in [-0.3, -0.25) is 0 Å². The SMILES string of the molecule is [B]c1ccc2c(c1)CNCC21CC1. The molecule has 3 rings (SSSR count). The van der Waals surface area contributed by atoms with Gasteiger partial charge in [-0.15, -0.1) is 0 Å². The summed E-state index contributed by atoms with van der Waals surface area (Å²) in [6, 6.07) is 6.37. The average Bonchev–Trinajstić information content (AvgIpc) is 2.86. The standard InChI is InChI=1S/C11H12BN/c12-9-1-2-10-8(5-9)6-13-7-11(10)3-4-11/h1-2,5,13H,3-4,6-7H2. The molecule has 1 aromatic rings. The number of hydrogen-bond acceptors (Lipinski definition) is 1. The van der Waals surface area contributed by atoms with Gasteiger partial charge in [0.2, 0.25) is 0 Å². The Bertz CT molecular complexity index is 355. The van der Waals surface area contributed by atoms with Crippen LogP contribution < -0.4 is 10.8 Å². The number of fused-ring (bicyclic) bond motifs is 2. The van der Waals surface area contributed by atoms with E-state index in [2.05, 4.69) is 17.4 Å². The molecular weight excluding hydrogens is 157 g/mol. The van der Waals surface area contributed by atoms with E-state index in [9.17, 15) is 0 Å². The Hall–Kier alpha value is -0.755. The molecule has 0 saturated heterocycles. The molecule has 2 radical (unpaired) electrons. The fourth-order valence-corrected chi connectivity index (χ4v) is 2.41. The molecule has 64 valence electrons. The molecule has 1 fully saturated rings. The Kier molecular flexibility index (Phi) is 1.40. The van der Waals surface area contributed by atoms with E-state index in [1.165, 1.54) is 18.4 Å². The first-order valence-electron chi connectivity index (χ1n) is 4.90. The third-order valence-electron chi connectivity index (χ3n) is 3.33. The highest BCUT2D eigenvalue weighted by molar-refractivity contribution is 6.32. The molecule has 1 spiro atoms. The summed E-state index contributed by atoms with van der Waals surface area (Å²) in [5, 5.41) is 3.47. The van der Waals surface area contributed by atoms with Gasteiger partial charge in [0, 0.05) is 18.5 Å². The topological polar surface area (TPSA) is 12.0 Å². The molecule has 1 heterocycles. The second kappa shape index (κ2) is 2.39. The van der Waals surface area contributed by atoms with Crippen LogP contribution in [-0.4, -0.2) is 14.4 Å². The summed E-state index contributed by atoms with van der Waals surface area (Å²) in [5.74, 6) is 0. The van der Waals surface area contributed by atoms with Crippen LogP contribution in [0.3, 0.4) is 0 Å². The molecule has 2 aliphatic rings. The van der Waals surface area contributed by atoms with Crippen molar-refractivity contribution in [2.75, 3.05) is 6.54 Å². The van der Waals surface area contributed by atoms with Gasteiger partial charge < -0.3 is 5.32 Å². The maximum Gasteiger partial charge on any atom is 0.113 e. The molecule has 0 amide bonds. The maximum atomic E-state index is 5.76. The molecule has 2 heteroatoms. The average molecular weight is 169 g/mol. The Balaban J connectivity index is 2.15. The maximum absolute atomic E-state index is 5.76. The van der Waals surface area contributed by atoms with E-state index in [1.54, 1.807) is 5.56 Å². The van der Waals surface area contributed by atoms with Crippen LogP contribution >= 0.6 is 0 Å². The van der Waals surface area contributed by atoms with Crippen LogP contribution in [-0.2, 0) is 12.0 Å². The van der Waals surface area contributed by atoms with E-state index in [0.717, 1.165) is 18.6 Å². The van der Waals surface area contributed by atoms with Crippen molar-refractivity contribution in [3.05, 3.63) is 29.3 Å². The zero-order valence-corrected chi connectivity index (χ0v) is 7.64. The molecule has 0 bridgehead atoms. The van der Waals surface area contributed by atoms with Gasteiger partial charge >= 0.3 is 0 Å². The summed E-state index contributed by atoms with van der Waals surface area (Å²) < 4.78 is 0. The molecule has 0 atom stereocenters. The largest absolute Gasteiger partial charge is 0.312 e. The zero-order chi connectivity index (χ0) is 8.89. The lowest BCUT2D eigenvalue weighted by atomic mass is 9.84. The zero-order valence-electron chi connectivity index (χ0n) is 7.64. The number of hydrogen-bond donors (Lipinski definition) is 1. The summed E-state index contributed by atoms with van der Waals surface area (Å²) in [7, 11) is 5.76. The lowest BCUT2D eigenvalue weighted by Gasteiger charge is -2.26. The summed E-state index contributed by atoms with van der Waals surface area (Å²) in [6.07, 6.45) is 2.69. The van der Waals surface area contributed by atoms with Crippen molar-refractivity contribution in [2.24, 2.45) is 0 Å². The van der Waals surface area contributed by atoms with E-state index in [4.69, 9.17) is 7.85 Å². The second-order valence-electron chi connectivity index (χ2n) is 4.30. The molecule has 13 heavy (non-hydrogen) atoms. The highest BCUT2D eigenvalue weighted by atomic mass is 14.9. The first kappa shape index (κ1) is 7.63. The molecule has 1 aromatic carbocycles. The van der Waals surface area contributed by atoms with Crippen molar-refractivity contribution in [3.8, 4) is 0 Å². The molecule has 1 saturated carbocycles. The first-order chi connectivity index (χ1) is 6.30. The highest BCUT2D eigenvalue weighted by Crippen LogP contribution is 2.50. The van der Waals surface area contributed by atoms with Crippen molar-refractivity contribution in [2.45, 2.75) is 24.8 Å². The summed E-state index contributed by atoms with van der Waals surface area (Å²) in [5.41, 5.74) is 4.32. The van der Waals surface area contributed by atoms with Crippen LogP contribution in [0, 0.1) is 0 Å². The van der Waals surface area contributed by atoms with Crippen LogP contribution in [0.15, 0.2) is 18.2 Å². The van der Waals surface area contributed by atoms with Gasteiger partial charge in [-0.05, 0) is 24.0 Å². The summed E-state index contributed by atoms with van der Waals surface area (Å²) >= 11 is 0. The fourth-order valence-electron chi connectivity index (χ4n) is 2.41. The van der Waals surface area contributed by atoms with E-state index in [1.807, 2.05) is 6.07 Å². The smallest absolute Gasteiger partial charge is 0.113 e. The molecule has 1 aliphatic carbocycles. The minimum atomic E-state index is 0.487. The van der Waals surface area contributed by atoms with Crippen LogP contribution in [0.5, 0.6) is 0 Å². The van der Waals surface area contributed by atoms with Crippen LogP contribution in [0.1, 0.15) is 24.0 Å². The Morgan fingerprint density at radius 3 is 2.92 bits per heavy atom.